The fourth-order valence-corrected chi connectivity index (χ4v) is 0.303. The average Bonchev–Trinajstić information content (AvgIpc) is 1.99. The van der Waals surface area contributed by atoms with Crippen LogP contribution in [-0.2, 0) is 4.79 Å². The van der Waals surface area contributed by atoms with Gasteiger partial charge >= 0.3 is 5.97 Å². The Hall–Kier alpha value is -1.29. The molecule has 11 heavy (non-hydrogen) atoms. The highest BCUT2D eigenvalue weighted by molar-refractivity contribution is 5.85. The fraction of sp³-hybridized carbons (Fsp3) is 0.143. The van der Waals surface area contributed by atoms with Gasteiger partial charge in [-0.3, -0.25) is 0 Å². The van der Waals surface area contributed by atoms with Gasteiger partial charge in [0.15, 0.2) is 0 Å². The van der Waals surface area contributed by atoms with Crippen LogP contribution in [0.2, 0.25) is 0 Å². The minimum absolute atomic E-state index is 0.110. The molecule has 0 heterocycles. The van der Waals surface area contributed by atoms with Crippen LogP contribution in [0.5, 0.6) is 0 Å². The van der Waals surface area contributed by atoms with Crippen molar-refractivity contribution in [3.05, 3.63) is 30.7 Å². The molecule has 0 spiro atoms. The zero-order valence-electron chi connectivity index (χ0n) is 6.16. The molecular formula is C7H10NO3. The van der Waals surface area contributed by atoms with Crippen molar-refractivity contribution in [2.24, 2.45) is 0 Å². The number of carbonyl (C=O) groups is 1. The number of carboxylic acid groups (broad SMARTS) is 1. The summed E-state index contributed by atoms with van der Waals surface area (Å²) in [5.41, 5.74) is 0.110. The maximum absolute atomic E-state index is 10.2. The van der Waals surface area contributed by atoms with Gasteiger partial charge in [-0.1, -0.05) is 6.58 Å². The lowest BCUT2D eigenvalue weighted by molar-refractivity contribution is -0.132. The van der Waals surface area contributed by atoms with Gasteiger partial charge in [-0.25, -0.2) is 4.79 Å². The number of carboxylic acids is 1. The number of aliphatic carboxylic acids is 1. The van der Waals surface area contributed by atoms with Crippen molar-refractivity contribution in [2.45, 2.75) is 6.92 Å². The van der Waals surface area contributed by atoms with Crippen LogP contribution in [0.15, 0.2) is 24.4 Å². The number of rotatable bonds is 4. The van der Waals surface area contributed by atoms with Crippen molar-refractivity contribution < 1.29 is 15.0 Å². The van der Waals surface area contributed by atoms with Crippen LogP contribution in [0, 0.1) is 6.23 Å². The van der Waals surface area contributed by atoms with Crippen LogP contribution in [-0.4, -0.2) is 16.2 Å². The average molecular weight is 156 g/mol. The van der Waals surface area contributed by atoms with E-state index in [1.54, 1.807) is 0 Å². The van der Waals surface area contributed by atoms with Crippen molar-refractivity contribution in [2.75, 3.05) is 0 Å². The minimum Gasteiger partial charge on any atom is -0.478 e. The van der Waals surface area contributed by atoms with Crippen molar-refractivity contribution in [1.82, 2.24) is 5.32 Å². The van der Waals surface area contributed by atoms with E-state index in [4.69, 9.17) is 10.2 Å². The van der Waals surface area contributed by atoms with E-state index >= 15 is 0 Å². The van der Waals surface area contributed by atoms with Crippen LogP contribution >= 0.6 is 0 Å². The highest BCUT2D eigenvalue weighted by Crippen LogP contribution is 1.92. The molecule has 0 fully saturated rings. The molecule has 3 N–H and O–H groups in total. The van der Waals surface area contributed by atoms with Crippen LogP contribution in [0.25, 0.3) is 0 Å². The normalized spacial score (nSPS) is 11.4. The van der Waals surface area contributed by atoms with E-state index in [1.165, 1.54) is 19.2 Å². The Labute approximate surface area is 64.8 Å². The summed E-state index contributed by atoms with van der Waals surface area (Å²) in [5.74, 6) is -1.03. The van der Waals surface area contributed by atoms with Gasteiger partial charge in [0.25, 0.3) is 0 Å². The standard InChI is InChI=1S/C7H10NO3/c1-3-6(9)8-4-5(2)7(10)11/h3-4,8-9H,1H2,2H3,(H,10,11). The molecule has 0 rings (SSSR count). The minimum atomic E-state index is -1.03. The zero-order valence-corrected chi connectivity index (χ0v) is 6.16. The third-order valence-electron chi connectivity index (χ3n) is 0.967. The predicted octanol–water partition coefficient (Wildman–Crippen LogP) is 0.612. The van der Waals surface area contributed by atoms with Gasteiger partial charge in [0, 0.05) is 11.8 Å². The molecule has 0 saturated heterocycles. The predicted molar refractivity (Wildman–Crippen MR) is 39.9 cm³/mol. The van der Waals surface area contributed by atoms with Crippen LogP contribution in [0.1, 0.15) is 6.92 Å². The Morgan fingerprint density at radius 1 is 1.55 bits per heavy atom. The molecule has 0 unspecified atom stereocenters. The molecule has 0 bridgehead atoms. The fourth-order valence-electron chi connectivity index (χ4n) is 0.303. The van der Waals surface area contributed by atoms with E-state index in [1.807, 2.05) is 0 Å². The molecule has 0 atom stereocenters. The van der Waals surface area contributed by atoms with Gasteiger partial charge in [0.2, 0.25) is 6.23 Å². The monoisotopic (exact) mass is 156 g/mol. The van der Waals surface area contributed by atoms with Crippen LogP contribution < -0.4 is 5.32 Å². The Kier molecular flexibility index (Phi) is 3.98. The molecule has 1 radical (unpaired) electrons. The largest absolute Gasteiger partial charge is 0.478 e. The van der Waals surface area contributed by atoms with Gasteiger partial charge in [0.05, 0.1) is 0 Å². The molecule has 0 aromatic carbocycles. The highest BCUT2D eigenvalue weighted by Gasteiger charge is 1.99. The molecule has 0 saturated carbocycles. The SMILES string of the molecule is C=C[C](O)NC=C(C)C(=O)O. The zero-order chi connectivity index (χ0) is 8.85. The van der Waals surface area contributed by atoms with Gasteiger partial charge in [-0.15, -0.1) is 0 Å². The van der Waals surface area contributed by atoms with Gasteiger partial charge < -0.3 is 15.5 Å². The molecule has 0 amide bonds. The van der Waals surface area contributed by atoms with Crippen molar-refractivity contribution in [3.8, 4) is 0 Å². The van der Waals surface area contributed by atoms with Crippen molar-refractivity contribution >= 4 is 5.97 Å². The van der Waals surface area contributed by atoms with Crippen molar-refractivity contribution in [1.29, 1.82) is 0 Å². The third-order valence-corrected chi connectivity index (χ3v) is 0.967. The van der Waals surface area contributed by atoms with E-state index in [-0.39, 0.29) is 11.8 Å². The molecule has 4 heteroatoms. The summed E-state index contributed by atoms with van der Waals surface area (Å²) < 4.78 is 0. The quantitative estimate of drug-likeness (QED) is 0.521. The highest BCUT2D eigenvalue weighted by atomic mass is 16.4. The molecule has 4 nitrogen and oxygen atoms in total. The number of aliphatic hydroxyl groups is 1. The Bertz CT molecular complexity index is 186. The summed E-state index contributed by atoms with van der Waals surface area (Å²) in [6.07, 6.45) is 2.18. The number of hydrogen-bond donors (Lipinski definition) is 3. The van der Waals surface area contributed by atoms with E-state index < -0.39 is 5.97 Å². The third kappa shape index (κ3) is 4.16. The molecule has 0 aliphatic carbocycles. The van der Waals surface area contributed by atoms with Gasteiger partial charge in [0.1, 0.15) is 0 Å². The molecule has 61 valence electrons. The lowest BCUT2D eigenvalue weighted by Crippen LogP contribution is -2.13. The van der Waals surface area contributed by atoms with Crippen molar-refractivity contribution in [3.63, 3.8) is 0 Å². The summed E-state index contributed by atoms with van der Waals surface area (Å²) in [6.45, 7) is 4.67. The maximum atomic E-state index is 10.2. The summed E-state index contributed by atoms with van der Waals surface area (Å²) >= 11 is 0. The summed E-state index contributed by atoms with van der Waals surface area (Å²) in [4.78, 5) is 10.2. The molecular weight excluding hydrogens is 146 g/mol. The number of nitrogens with one attached hydrogen (secondary N) is 1. The number of hydrogen-bond acceptors (Lipinski definition) is 3. The first-order valence-corrected chi connectivity index (χ1v) is 2.93. The smallest absolute Gasteiger partial charge is 0.332 e. The van der Waals surface area contributed by atoms with Crippen LogP contribution in [0.3, 0.4) is 0 Å². The lowest BCUT2D eigenvalue weighted by atomic mass is 10.3. The van der Waals surface area contributed by atoms with E-state index in [0.29, 0.717) is 0 Å². The summed E-state index contributed by atoms with van der Waals surface area (Å²) in [7, 11) is 0. The summed E-state index contributed by atoms with van der Waals surface area (Å²) in [5, 5.41) is 19.4. The first-order valence-electron chi connectivity index (χ1n) is 2.93. The van der Waals surface area contributed by atoms with E-state index in [9.17, 15) is 4.79 Å². The second kappa shape index (κ2) is 4.51. The maximum Gasteiger partial charge on any atom is 0.332 e. The Balaban J connectivity index is 3.91. The lowest BCUT2D eigenvalue weighted by Gasteiger charge is -2.01. The first-order chi connectivity index (χ1) is 5.07. The molecule has 0 aromatic heterocycles. The summed E-state index contributed by atoms with van der Waals surface area (Å²) in [6, 6.07) is 0. The molecule has 0 aliphatic heterocycles. The number of aliphatic hydroxyl groups excluding tert-OH is 1. The molecule has 0 aliphatic rings. The van der Waals surface area contributed by atoms with Gasteiger partial charge in [-0.05, 0) is 13.0 Å². The Morgan fingerprint density at radius 2 is 2.09 bits per heavy atom. The van der Waals surface area contributed by atoms with Gasteiger partial charge in [-0.2, -0.15) is 0 Å². The first kappa shape index (κ1) is 9.71. The second-order valence-electron chi connectivity index (χ2n) is 1.87. The second-order valence-corrected chi connectivity index (χ2v) is 1.87. The topological polar surface area (TPSA) is 69.6 Å². The van der Waals surface area contributed by atoms with E-state index in [0.717, 1.165) is 0 Å². The van der Waals surface area contributed by atoms with Crippen LogP contribution in [0.4, 0.5) is 0 Å². The Morgan fingerprint density at radius 3 is 2.45 bits per heavy atom. The molecule has 0 aromatic rings. The van der Waals surface area contributed by atoms with E-state index in [2.05, 4.69) is 11.9 Å².